The lowest BCUT2D eigenvalue weighted by Crippen LogP contribution is -2.34. The monoisotopic (exact) mass is 315 g/mol. The standard InChI is InChI=1S/C18H15F2NO2/c1-2-18(22)21-6-5-12-3-4-16(7-13(12)11-21)23-17-9-14(19)8-15(20)10-17/h2-4,7-10H,1,5-6,11H2. The molecule has 0 saturated heterocycles. The third-order valence-electron chi connectivity index (χ3n) is 3.75. The molecule has 1 aliphatic heterocycles. The second-order valence-electron chi connectivity index (χ2n) is 5.35. The van der Waals surface area contributed by atoms with E-state index in [2.05, 4.69) is 6.58 Å². The summed E-state index contributed by atoms with van der Waals surface area (Å²) >= 11 is 0. The normalized spacial score (nSPS) is 13.4. The Kier molecular flexibility index (Phi) is 4.10. The van der Waals surface area contributed by atoms with Gasteiger partial charge in [0.05, 0.1) is 0 Å². The van der Waals surface area contributed by atoms with Crippen molar-refractivity contribution in [2.24, 2.45) is 0 Å². The number of hydrogen-bond acceptors (Lipinski definition) is 2. The van der Waals surface area contributed by atoms with Gasteiger partial charge >= 0.3 is 0 Å². The lowest BCUT2D eigenvalue weighted by Gasteiger charge is -2.28. The van der Waals surface area contributed by atoms with Crippen LogP contribution in [0.25, 0.3) is 0 Å². The molecule has 118 valence electrons. The van der Waals surface area contributed by atoms with Crippen LogP contribution < -0.4 is 4.74 Å². The third-order valence-corrected chi connectivity index (χ3v) is 3.75. The predicted octanol–water partition coefficient (Wildman–Crippen LogP) is 3.83. The summed E-state index contributed by atoms with van der Waals surface area (Å²) < 4.78 is 31.9. The van der Waals surface area contributed by atoms with Gasteiger partial charge in [0.1, 0.15) is 23.1 Å². The summed E-state index contributed by atoms with van der Waals surface area (Å²) in [5.74, 6) is -0.936. The third kappa shape index (κ3) is 3.39. The maximum Gasteiger partial charge on any atom is 0.246 e. The van der Waals surface area contributed by atoms with Crippen LogP contribution in [-0.4, -0.2) is 17.4 Å². The number of rotatable bonds is 3. The van der Waals surface area contributed by atoms with E-state index in [1.807, 2.05) is 6.07 Å². The summed E-state index contributed by atoms with van der Waals surface area (Å²) in [6, 6.07) is 8.49. The smallest absolute Gasteiger partial charge is 0.246 e. The summed E-state index contributed by atoms with van der Waals surface area (Å²) in [6.07, 6.45) is 2.05. The Bertz CT molecular complexity index is 753. The summed E-state index contributed by atoms with van der Waals surface area (Å²) in [6.45, 7) is 4.61. The quantitative estimate of drug-likeness (QED) is 0.806. The average Bonchev–Trinajstić information content (AvgIpc) is 2.52. The van der Waals surface area contributed by atoms with E-state index in [0.29, 0.717) is 18.8 Å². The Labute approximate surface area is 132 Å². The van der Waals surface area contributed by atoms with E-state index in [9.17, 15) is 13.6 Å². The highest BCUT2D eigenvalue weighted by Crippen LogP contribution is 2.28. The summed E-state index contributed by atoms with van der Waals surface area (Å²) in [4.78, 5) is 13.4. The molecule has 0 saturated carbocycles. The minimum Gasteiger partial charge on any atom is -0.457 e. The first-order valence-electron chi connectivity index (χ1n) is 7.22. The SMILES string of the molecule is C=CC(=O)N1CCc2ccc(Oc3cc(F)cc(F)c3)cc2C1. The van der Waals surface area contributed by atoms with Crippen LogP contribution in [0.5, 0.6) is 11.5 Å². The lowest BCUT2D eigenvalue weighted by atomic mass is 9.99. The second kappa shape index (κ2) is 6.20. The molecule has 1 heterocycles. The second-order valence-corrected chi connectivity index (χ2v) is 5.35. The molecule has 5 heteroatoms. The molecule has 0 N–H and O–H groups in total. The molecule has 0 radical (unpaired) electrons. The van der Waals surface area contributed by atoms with Crippen molar-refractivity contribution in [3.8, 4) is 11.5 Å². The molecule has 0 bridgehead atoms. The van der Waals surface area contributed by atoms with Crippen molar-refractivity contribution in [2.75, 3.05) is 6.54 Å². The van der Waals surface area contributed by atoms with Crippen LogP contribution in [0.1, 0.15) is 11.1 Å². The van der Waals surface area contributed by atoms with Gasteiger partial charge < -0.3 is 9.64 Å². The van der Waals surface area contributed by atoms with Crippen LogP contribution in [0, 0.1) is 11.6 Å². The van der Waals surface area contributed by atoms with E-state index in [-0.39, 0.29) is 11.7 Å². The molecular weight excluding hydrogens is 300 g/mol. The number of nitrogens with zero attached hydrogens (tertiary/aromatic N) is 1. The number of benzene rings is 2. The fraction of sp³-hybridized carbons (Fsp3) is 0.167. The fourth-order valence-electron chi connectivity index (χ4n) is 2.64. The first-order valence-corrected chi connectivity index (χ1v) is 7.22. The highest BCUT2D eigenvalue weighted by Gasteiger charge is 2.19. The maximum absolute atomic E-state index is 13.2. The van der Waals surface area contributed by atoms with Gasteiger partial charge in [0.2, 0.25) is 5.91 Å². The number of halogens is 2. The number of fused-ring (bicyclic) bond motifs is 1. The lowest BCUT2D eigenvalue weighted by molar-refractivity contribution is -0.126. The van der Waals surface area contributed by atoms with Gasteiger partial charge in [0.15, 0.2) is 0 Å². The maximum atomic E-state index is 13.2. The van der Waals surface area contributed by atoms with Crippen molar-refractivity contribution in [1.82, 2.24) is 4.90 Å². The summed E-state index contributed by atoms with van der Waals surface area (Å²) in [5, 5.41) is 0. The molecule has 1 amide bonds. The highest BCUT2D eigenvalue weighted by molar-refractivity contribution is 5.87. The zero-order valence-electron chi connectivity index (χ0n) is 12.4. The van der Waals surface area contributed by atoms with Gasteiger partial charge in [0.25, 0.3) is 0 Å². The highest BCUT2D eigenvalue weighted by atomic mass is 19.1. The molecule has 1 aliphatic rings. The van der Waals surface area contributed by atoms with Gasteiger partial charge in [-0.3, -0.25) is 4.79 Å². The Hall–Kier alpha value is -2.69. The van der Waals surface area contributed by atoms with Gasteiger partial charge in [-0.05, 0) is 35.8 Å². The predicted molar refractivity (Wildman–Crippen MR) is 82.2 cm³/mol. The van der Waals surface area contributed by atoms with Crippen molar-refractivity contribution in [3.05, 3.63) is 71.8 Å². The summed E-state index contributed by atoms with van der Waals surface area (Å²) in [7, 11) is 0. The van der Waals surface area contributed by atoms with Gasteiger partial charge in [-0.15, -0.1) is 0 Å². The minimum atomic E-state index is -0.694. The molecule has 2 aromatic carbocycles. The van der Waals surface area contributed by atoms with Crippen LogP contribution in [0.3, 0.4) is 0 Å². The first kappa shape index (κ1) is 15.2. The fourth-order valence-corrected chi connectivity index (χ4v) is 2.64. The Morgan fingerprint density at radius 1 is 1.09 bits per heavy atom. The average molecular weight is 315 g/mol. The van der Waals surface area contributed by atoms with Crippen LogP contribution in [-0.2, 0) is 17.8 Å². The zero-order chi connectivity index (χ0) is 16.4. The summed E-state index contributed by atoms with van der Waals surface area (Å²) in [5.41, 5.74) is 2.09. The van der Waals surface area contributed by atoms with Gasteiger partial charge in [-0.1, -0.05) is 12.6 Å². The Morgan fingerprint density at radius 3 is 2.52 bits per heavy atom. The van der Waals surface area contributed by atoms with Crippen molar-refractivity contribution in [2.45, 2.75) is 13.0 Å². The molecule has 0 fully saturated rings. The number of carbonyl (C=O) groups is 1. The Morgan fingerprint density at radius 2 is 1.83 bits per heavy atom. The van der Waals surface area contributed by atoms with Crippen LogP contribution in [0.4, 0.5) is 8.78 Å². The molecule has 2 aromatic rings. The zero-order valence-corrected chi connectivity index (χ0v) is 12.4. The molecule has 0 spiro atoms. The van der Waals surface area contributed by atoms with Crippen LogP contribution >= 0.6 is 0 Å². The van der Waals surface area contributed by atoms with Crippen molar-refractivity contribution in [3.63, 3.8) is 0 Å². The van der Waals surface area contributed by atoms with Crippen LogP contribution in [0.2, 0.25) is 0 Å². The number of amides is 1. The first-order chi connectivity index (χ1) is 11.0. The largest absolute Gasteiger partial charge is 0.457 e. The van der Waals surface area contributed by atoms with Gasteiger partial charge in [0, 0.05) is 31.3 Å². The molecule has 0 aliphatic carbocycles. The van der Waals surface area contributed by atoms with Crippen LogP contribution in [0.15, 0.2) is 49.1 Å². The van der Waals surface area contributed by atoms with E-state index in [4.69, 9.17) is 4.74 Å². The van der Waals surface area contributed by atoms with E-state index in [1.54, 1.807) is 17.0 Å². The molecule has 0 atom stereocenters. The van der Waals surface area contributed by atoms with E-state index in [1.165, 1.54) is 6.08 Å². The Balaban J connectivity index is 1.83. The van der Waals surface area contributed by atoms with Crippen molar-refractivity contribution < 1.29 is 18.3 Å². The number of hydrogen-bond donors (Lipinski definition) is 0. The topological polar surface area (TPSA) is 29.5 Å². The molecule has 0 unspecified atom stereocenters. The van der Waals surface area contributed by atoms with Gasteiger partial charge in [-0.2, -0.15) is 0 Å². The van der Waals surface area contributed by atoms with E-state index in [0.717, 1.165) is 35.7 Å². The molecule has 3 rings (SSSR count). The minimum absolute atomic E-state index is 0.0947. The van der Waals surface area contributed by atoms with E-state index >= 15 is 0 Å². The number of ether oxygens (including phenoxy) is 1. The molecule has 0 aromatic heterocycles. The molecule has 23 heavy (non-hydrogen) atoms. The number of carbonyl (C=O) groups excluding carboxylic acids is 1. The molecular formula is C18H15F2NO2. The van der Waals surface area contributed by atoms with Crippen molar-refractivity contribution >= 4 is 5.91 Å². The van der Waals surface area contributed by atoms with E-state index < -0.39 is 11.6 Å². The van der Waals surface area contributed by atoms with Gasteiger partial charge in [-0.25, -0.2) is 8.78 Å². The molecule has 3 nitrogen and oxygen atoms in total. The van der Waals surface area contributed by atoms with Crippen molar-refractivity contribution in [1.29, 1.82) is 0 Å².